The van der Waals surface area contributed by atoms with Gasteiger partial charge in [-0.3, -0.25) is 4.79 Å². The molecule has 1 rings (SSSR count). The van der Waals surface area contributed by atoms with E-state index in [1.54, 1.807) is 0 Å². The molecule has 3 unspecified atom stereocenters. The van der Waals surface area contributed by atoms with Crippen molar-refractivity contribution in [1.82, 2.24) is 5.32 Å². The SMILES string of the molecule is CC(CN)C(C)NC(=O)C1CCOC1. The van der Waals surface area contributed by atoms with Crippen LogP contribution in [0.15, 0.2) is 0 Å². The Bertz CT molecular complexity index is 191. The number of hydrogen-bond acceptors (Lipinski definition) is 3. The molecular formula is C10H20N2O2. The maximum atomic E-state index is 11.6. The molecule has 3 N–H and O–H groups in total. The Kier molecular flexibility index (Phi) is 4.35. The van der Waals surface area contributed by atoms with Gasteiger partial charge in [-0.1, -0.05) is 6.92 Å². The summed E-state index contributed by atoms with van der Waals surface area (Å²) in [4.78, 5) is 11.6. The van der Waals surface area contributed by atoms with Gasteiger partial charge in [-0.2, -0.15) is 0 Å². The van der Waals surface area contributed by atoms with Gasteiger partial charge in [-0.05, 0) is 25.8 Å². The molecular weight excluding hydrogens is 180 g/mol. The molecule has 14 heavy (non-hydrogen) atoms. The summed E-state index contributed by atoms with van der Waals surface area (Å²) in [5.41, 5.74) is 5.53. The van der Waals surface area contributed by atoms with E-state index in [-0.39, 0.29) is 17.9 Å². The molecule has 4 heteroatoms. The predicted molar refractivity (Wildman–Crippen MR) is 54.7 cm³/mol. The largest absolute Gasteiger partial charge is 0.381 e. The third-order valence-corrected chi connectivity index (χ3v) is 2.90. The summed E-state index contributed by atoms with van der Waals surface area (Å²) >= 11 is 0. The van der Waals surface area contributed by atoms with E-state index in [2.05, 4.69) is 5.32 Å². The van der Waals surface area contributed by atoms with E-state index in [0.717, 1.165) is 6.42 Å². The lowest BCUT2D eigenvalue weighted by molar-refractivity contribution is -0.125. The van der Waals surface area contributed by atoms with E-state index in [9.17, 15) is 4.79 Å². The second-order valence-corrected chi connectivity index (χ2v) is 4.07. The van der Waals surface area contributed by atoms with Crippen LogP contribution >= 0.6 is 0 Å². The zero-order valence-corrected chi connectivity index (χ0v) is 8.95. The summed E-state index contributed by atoms with van der Waals surface area (Å²) in [6.45, 7) is 5.90. The maximum Gasteiger partial charge on any atom is 0.225 e. The predicted octanol–water partition coefficient (Wildman–Crippen LogP) is 0.122. The van der Waals surface area contributed by atoms with Crippen LogP contribution in [0.1, 0.15) is 20.3 Å². The highest BCUT2D eigenvalue weighted by Crippen LogP contribution is 2.13. The number of carbonyl (C=O) groups excluding carboxylic acids is 1. The molecule has 0 aromatic heterocycles. The summed E-state index contributed by atoms with van der Waals surface area (Å²) in [5.74, 6) is 0.471. The lowest BCUT2D eigenvalue weighted by Gasteiger charge is -2.21. The van der Waals surface area contributed by atoms with Crippen molar-refractivity contribution in [2.75, 3.05) is 19.8 Å². The highest BCUT2D eigenvalue weighted by atomic mass is 16.5. The molecule has 4 nitrogen and oxygen atoms in total. The van der Waals surface area contributed by atoms with Crippen molar-refractivity contribution in [3.05, 3.63) is 0 Å². The van der Waals surface area contributed by atoms with Crippen LogP contribution in [0.2, 0.25) is 0 Å². The Morgan fingerprint density at radius 1 is 1.64 bits per heavy atom. The van der Waals surface area contributed by atoms with Crippen LogP contribution in [0.4, 0.5) is 0 Å². The highest BCUT2D eigenvalue weighted by molar-refractivity contribution is 5.79. The minimum absolute atomic E-state index is 0.0439. The summed E-state index contributed by atoms with van der Waals surface area (Å²) in [5, 5.41) is 2.97. The molecule has 1 saturated heterocycles. The summed E-state index contributed by atoms with van der Waals surface area (Å²) in [6.07, 6.45) is 0.843. The van der Waals surface area contributed by atoms with Crippen molar-refractivity contribution >= 4 is 5.91 Å². The maximum absolute atomic E-state index is 11.6. The number of nitrogens with two attached hydrogens (primary N) is 1. The fourth-order valence-corrected chi connectivity index (χ4v) is 1.43. The number of rotatable bonds is 4. The summed E-state index contributed by atoms with van der Waals surface area (Å²) in [6, 6.07) is 0.146. The van der Waals surface area contributed by atoms with Crippen molar-refractivity contribution in [1.29, 1.82) is 0 Å². The van der Waals surface area contributed by atoms with Crippen LogP contribution in [-0.4, -0.2) is 31.7 Å². The normalized spacial score (nSPS) is 25.8. The fourth-order valence-electron chi connectivity index (χ4n) is 1.43. The number of ether oxygens (including phenoxy) is 1. The summed E-state index contributed by atoms with van der Waals surface area (Å²) in [7, 11) is 0. The van der Waals surface area contributed by atoms with Gasteiger partial charge in [0.1, 0.15) is 0 Å². The minimum atomic E-state index is 0.0439. The van der Waals surface area contributed by atoms with Crippen LogP contribution in [0.3, 0.4) is 0 Å². The molecule has 82 valence electrons. The van der Waals surface area contributed by atoms with Crippen molar-refractivity contribution in [3.8, 4) is 0 Å². The van der Waals surface area contributed by atoms with Gasteiger partial charge in [0.25, 0.3) is 0 Å². The van der Waals surface area contributed by atoms with Crippen molar-refractivity contribution in [3.63, 3.8) is 0 Å². The third kappa shape index (κ3) is 2.96. The van der Waals surface area contributed by atoms with Gasteiger partial charge in [0.15, 0.2) is 0 Å². The standard InChI is InChI=1S/C10H20N2O2/c1-7(5-11)8(2)12-10(13)9-3-4-14-6-9/h7-9H,3-6,11H2,1-2H3,(H,12,13). The van der Waals surface area contributed by atoms with E-state index >= 15 is 0 Å². The Morgan fingerprint density at radius 2 is 2.36 bits per heavy atom. The molecule has 0 aromatic carbocycles. The molecule has 1 aliphatic rings. The van der Waals surface area contributed by atoms with E-state index in [1.165, 1.54) is 0 Å². The minimum Gasteiger partial charge on any atom is -0.381 e. The fraction of sp³-hybridized carbons (Fsp3) is 0.900. The van der Waals surface area contributed by atoms with Gasteiger partial charge < -0.3 is 15.8 Å². The van der Waals surface area contributed by atoms with Crippen LogP contribution in [0.25, 0.3) is 0 Å². The van der Waals surface area contributed by atoms with Gasteiger partial charge >= 0.3 is 0 Å². The van der Waals surface area contributed by atoms with Gasteiger partial charge in [-0.25, -0.2) is 0 Å². The van der Waals surface area contributed by atoms with E-state index in [1.807, 2.05) is 13.8 Å². The molecule has 0 spiro atoms. The smallest absolute Gasteiger partial charge is 0.225 e. The van der Waals surface area contributed by atoms with Crippen molar-refractivity contribution in [2.45, 2.75) is 26.3 Å². The third-order valence-electron chi connectivity index (χ3n) is 2.90. The molecule has 1 aliphatic heterocycles. The van der Waals surface area contributed by atoms with E-state index < -0.39 is 0 Å². The molecule has 0 saturated carbocycles. The Morgan fingerprint density at radius 3 is 2.86 bits per heavy atom. The zero-order chi connectivity index (χ0) is 10.6. The molecule has 3 atom stereocenters. The highest BCUT2D eigenvalue weighted by Gasteiger charge is 2.25. The van der Waals surface area contributed by atoms with Gasteiger partial charge in [-0.15, -0.1) is 0 Å². The summed E-state index contributed by atoms with van der Waals surface area (Å²) < 4.78 is 5.16. The first-order valence-electron chi connectivity index (χ1n) is 5.23. The quantitative estimate of drug-likeness (QED) is 0.677. The Balaban J connectivity index is 2.31. The molecule has 1 fully saturated rings. The van der Waals surface area contributed by atoms with Crippen LogP contribution < -0.4 is 11.1 Å². The molecule has 0 radical (unpaired) electrons. The van der Waals surface area contributed by atoms with E-state index in [0.29, 0.717) is 25.7 Å². The number of hydrogen-bond donors (Lipinski definition) is 2. The second kappa shape index (κ2) is 5.32. The molecule has 1 amide bonds. The van der Waals surface area contributed by atoms with Gasteiger partial charge in [0.05, 0.1) is 12.5 Å². The lowest BCUT2D eigenvalue weighted by Crippen LogP contribution is -2.42. The molecule has 0 bridgehead atoms. The molecule has 1 heterocycles. The first kappa shape index (κ1) is 11.5. The topological polar surface area (TPSA) is 64.3 Å². The van der Waals surface area contributed by atoms with E-state index in [4.69, 9.17) is 10.5 Å². The van der Waals surface area contributed by atoms with Crippen molar-refractivity contribution in [2.24, 2.45) is 17.6 Å². The Hall–Kier alpha value is -0.610. The van der Waals surface area contributed by atoms with Gasteiger partial charge in [0, 0.05) is 12.6 Å². The lowest BCUT2D eigenvalue weighted by atomic mass is 10.0. The molecule has 0 aliphatic carbocycles. The molecule has 0 aromatic rings. The van der Waals surface area contributed by atoms with Crippen LogP contribution in [-0.2, 0) is 9.53 Å². The number of amides is 1. The average molecular weight is 200 g/mol. The second-order valence-electron chi connectivity index (χ2n) is 4.07. The van der Waals surface area contributed by atoms with Crippen LogP contribution in [0.5, 0.6) is 0 Å². The average Bonchev–Trinajstić information content (AvgIpc) is 2.69. The van der Waals surface area contributed by atoms with Gasteiger partial charge in [0.2, 0.25) is 5.91 Å². The monoisotopic (exact) mass is 200 g/mol. The number of carbonyl (C=O) groups is 1. The van der Waals surface area contributed by atoms with Crippen LogP contribution in [0, 0.1) is 11.8 Å². The zero-order valence-electron chi connectivity index (χ0n) is 8.95. The number of nitrogens with one attached hydrogen (secondary N) is 1. The first-order chi connectivity index (χ1) is 6.65. The Labute approximate surface area is 85.2 Å². The van der Waals surface area contributed by atoms with Crippen molar-refractivity contribution < 1.29 is 9.53 Å². The first-order valence-corrected chi connectivity index (χ1v) is 5.23.